The van der Waals surface area contributed by atoms with Gasteiger partial charge in [0.2, 0.25) is 0 Å². The Bertz CT molecular complexity index is 715. The molecule has 0 N–H and O–H groups in total. The highest BCUT2D eigenvalue weighted by Gasteiger charge is 2.21. The number of benzene rings is 1. The van der Waals surface area contributed by atoms with Crippen LogP contribution in [0.25, 0.3) is 0 Å². The molecule has 7 heteroatoms. The smallest absolute Gasteiger partial charge is 0.357 e. The molecular weight excluding hydrogens is 319 g/mol. The van der Waals surface area contributed by atoms with E-state index in [1.165, 1.54) is 36.6 Å². The highest BCUT2D eigenvalue weighted by atomic mass is 32.1. The van der Waals surface area contributed by atoms with Crippen LogP contribution in [0.5, 0.6) is 0 Å². The van der Waals surface area contributed by atoms with Crippen molar-refractivity contribution in [3.05, 3.63) is 51.7 Å². The van der Waals surface area contributed by atoms with Gasteiger partial charge in [0.25, 0.3) is 5.91 Å². The first-order valence-corrected chi connectivity index (χ1v) is 7.89. The summed E-state index contributed by atoms with van der Waals surface area (Å²) >= 11 is 1.27. The molecule has 122 valence electrons. The molecule has 1 aromatic heterocycles. The summed E-state index contributed by atoms with van der Waals surface area (Å²) in [6, 6.07) is 5.47. The Kier molecular flexibility index (Phi) is 5.44. The third kappa shape index (κ3) is 4.13. The molecule has 1 aromatic carbocycles. The maximum Gasteiger partial charge on any atom is 0.357 e. The molecule has 0 aliphatic carbocycles. The van der Waals surface area contributed by atoms with Crippen LogP contribution in [0.2, 0.25) is 0 Å². The van der Waals surface area contributed by atoms with Gasteiger partial charge in [-0.05, 0) is 32.0 Å². The lowest BCUT2D eigenvalue weighted by atomic mass is 10.1. The second-order valence-electron chi connectivity index (χ2n) is 5.16. The van der Waals surface area contributed by atoms with E-state index < -0.39 is 11.8 Å². The van der Waals surface area contributed by atoms with Gasteiger partial charge in [0.1, 0.15) is 10.8 Å². The Balaban J connectivity index is 2.20. The van der Waals surface area contributed by atoms with Crippen LogP contribution in [0.15, 0.2) is 29.6 Å². The maximum atomic E-state index is 13.3. The minimum Gasteiger partial charge on any atom is -0.464 e. The molecule has 0 radical (unpaired) electrons. The molecule has 23 heavy (non-hydrogen) atoms. The lowest BCUT2D eigenvalue weighted by molar-refractivity contribution is 0.0594. The van der Waals surface area contributed by atoms with Gasteiger partial charge in [0.05, 0.1) is 13.7 Å². The highest BCUT2D eigenvalue weighted by Crippen LogP contribution is 2.17. The number of carbonyl (C=O) groups is 2. The number of methoxy groups -OCH3 is 1. The quantitative estimate of drug-likeness (QED) is 0.787. The van der Waals surface area contributed by atoms with Gasteiger partial charge in [0, 0.05) is 17.0 Å². The molecule has 0 aliphatic heterocycles. The number of carbonyl (C=O) groups excluding carboxylic acids is 2. The van der Waals surface area contributed by atoms with Crippen molar-refractivity contribution in [2.45, 2.75) is 26.4 Å². The molecule has 0 saturated carbocycles. The van der Waals surface area contributed by atoms with Gasteiger partial charge in [-0.1, -0.05) is 6.07 Å². The zero-order chi connectivity index (χ0) is 17.0. The van der Waals surface area contributed by atoms with E-state index >= 15 is 0 Å². The number of rotatable bonds is 5. The van der Waals surface area contributed by atoms with Crippen molar-refractivity contribution >= 4 is 23.2 Å². The molecule has 0 unspecified atom stereocenters. The molecule has 0 fully saturated rings. The summed E-state index contributed by atoms with van der Waals surface area (Å²) in [7, 11) is 1.29. The van der Waals surface area contributed by atoms with E-state index in [0.717, 1.165) is 0 Å². The number of thiazole rings is 1. The Morgan fingerprint density at radius 1 is 1.39 bits per heavy atom. The predicted molar refractivity (Wildman–Crippen MR) is 84.9 cm³/mol. The van der Waals surface area contributed by atoms with E-state index in [0.29, 0.717) is 5.01 Å². The zero-order valence-electron chi connectivity index (χ0n) is 13.1. The molecule has 0 saturated heterocycles. The zero-order valence-corrected chi connectivity index (χ0v) is 13.9. The average molecular weight is 336 g/mol. The van der Waals surface area contributed by atoms with Crippen LogP contribution in [0, 0.1) is 5.82 Å². The number of halogens is 1. The van der Waals surface area contributed by atoms with E-state index in [1.807, 2.05) is 13.8 Å². The molecule has 0 aliphatic rings. The molecule has 0 spiro atoms. The number of aromatic nitrogens is 1. The Morgan fingerprint density at radius 2 is 2.13 bits per heavy atom. The first-order chi connectivity index (χ1) is 10.9. The Morgan fingerprint density at radius 3 is 2.74 bits per heavy atom. The molecule has 2 rings (SSSR count). The molecule has 0 atom stereocenters. The van der Waals surface area contributed by atoms with Crippen molar-refractivity contribution in [1.29, 1.82) is 0 Å². The van der Waals surface area contributed by atoms with Crippen LogP contribution >= 0.6 is 11.3 Å². The summed E-state index contributed by atoms with van der Waals surface area (Å²) in [5.41, 5.74) is 0.498. The van der Waals surface area contributed by atoms with E-state index in [2.05, 4.69) is 9.72 Å². The first-order valence-electron chi connectivity index (χ1n) is 7.01. The molecule has 5 nitrogen and oxygen atoms in total. The summed E-state index contributed by atoms with van der Waals surface area (Å²) in [4.78, 5) is 29.8. The molecule has 1 amide bonds. The van der Waals surface area contributed by atoms with Crippen molar-refractivity contribution in [1.82, 2.24) is 9.88 Å². The SMILES string of the molecule is COC(=O)c1csc(CN(C(=O)c2cccc(F)c2)C(C)C)n1. The molecule has 1 heterocycles. The minimum atomic E-state index is -0.514. The van der Waals surface area contributed by atoms with Gasteiger partial charge < -0.3 is 9.64 Å². The van der Waals surface area contributed by atoms with Crippen molar-refractivity contribution in [3.63, 3.8) is 0 Å². The van der Waals surface area contributed by atoms with Gasteiger partial charge in [-0.2, -0.15) is 0 Å². The maximum absolute atomic E-state index is 13.3. The van der Waals surface area contributed by atoms with Gasteiger partial charge in [-0.3, -0.25) is 4.79 Å². The normalized spacial score (nSPS) is 10.7. The summed E-state index contributed by atoms with van der Waals surface area (Å²) in [5, 5.41) is 2.20. The fourth-order valence-electron chi connectivity index (χ4n) is 2.00. The fraction of sp³-hybridized carbons (Fsp3) is 0.312. The molecular formula is C16H17FN2O3S. The molecule has 0 bridgehead atoms. The van der Waals surface area contributed by atoms with Crippen molar-refractivity contribution in [2.75, 3.05) is 7.11 Å². The Hall–Kier alpha value is -2.28. The van der Waals surface area contributed by atoms with Crippen LogP contribution in [0.4, 0.5) is 4.39 Å². The lowest BCUT2D eigenvalue weighted by Gasteiger charge is -2.26. The fourth-order valence-corrected chi connectivity index (χ4v) is 2.77. The largest absolute Gasteiger partial charge is 0.464 e. The van der Waals surface area contributed by atoms with E-state index in [-0.39, 0.29) is 29.8 Å². The number of ether oxygens (including phenoxy) is 1. The summed E-state index contributed by atoms with van der Waals surface area (Å²) in [5.74, 6) is -1.25. The number of esters is 1. The van der Waals surface area contributed by atoms with E-state index in [9.17, 15) is 14.0 Å². The van der Waals surface area contributed by atoms with Gasteiger partial charge in [-0.25, -0.2) is 14.2 Å². The highest BCUT2D eigenvalue weighted by molar-refractivity contribution is 7.09. The van der Waals surface area contributed by atoms with Crippen LogP contribution in [0.1, 0.15) is 39.7 Å². The van der Waals surface area contributed by atoms with Crippen LogP contribution < -0.4 is 0 Å². The van der Waals surface area contributed by atoms with Gasteiger partial charge in [-0.15, -0.1) is 11.3 Å². The summed E-state index contributed by atoms with van der Waals surface area (Å²) in [6.45, 7) is 3.98. The number of hydrogen-bond acceptors (Lipinski definition) is 5. The number of amides is 1. The lowest BCUT2D eigenvalue weighted by Crippen LogP contribution is -2.36. The number of hydrogen-bond donors (Lipinski definition) is 0. The standard InChI is InChI=1S/C16H17FN2O3S/c1-10(2)19(15(20)11-5-4-6-12(17)7-11)8-14-18-13(9-23-14)16(21)22-3/h4-7,9-10H,8H2,1-3H3. The Labute approximate surface area is 137 Å². The van der Waals surface area contributed by atoms with Crippen molar-refractivity contribution < 1.29 is 18.7 Å². The molecule has 2 aromatic rings. The second kappa shape index (κ2) is 7.32. The topological polar surface area (TPSA) is 59.5 Å². The summed E-state index contributed by atoms with van der Waals surface area (Å²) in [6.07, 6.45) is 0. The van der Waals surface area contributed by atoms with Crippen LogP contribution in [-0.2, 0) is 11.3 Å². The van der Waals surface area contributed by atoms with Crippen molar-refractivity contribution in [3.8, 4) is 0 Å². The second-order valence-corrected chi connectivity index (χ2v) is 6.10. The average Bonchev–Trinajstić information content (AvgIpc) is 2.99. The third-order valence-corrected chi connectivity index (χ3v) is 4.04. The minimum absolute atomic E-state index is 0.101. The number of nitrogens with zero attached hydrogens (tertiary/aromatic N) is 2. The predicted octanol–water partition coefficient (Wildman–Crippen LogP) is 3.12. The van der Waals surface area contributed by atoms with E-state index in [1.54, 1.807) is 16.3 Å². The van der Waals surface area contributed by atoms with Crippen LogP contribution in [0.3, 0.4) is 0 Å². The van der Waals surface area contributed by atoms with Gasteiger partial charge in [0.15, 0.2) is 5.69 Å². The first kappa shape index (κ1) is 17.1. The summed E-state index contributed by atoms with van der Waals surface area (Å²) < 4.78 is 17.9. The van der Waals surface area contributed by atoms with Crippen LogP contribution in [-0.4, -0.2) is 34.9 Å². The van der Waals surface area contributed by atoms with E-state index in [4.69, 9.17) is 0 Å². The van der Waals surface area contributed by atoms with Gasteiger partial charge >= 0.3 is 5.97 Å². The van der Waals surface area contributed by atoms with Crippen molar-refractivity contribution in [2.24, 2.45) is 0 Å². The monoisotopic (exact) mass is 336 g/mol. The third-order valence-electron chi connectivity index (χ3n) is 3.21.